The number of halogens is 1. The van der Waals surface area contributed by atoms with Crippen molar-refractivity contribution in [3.05, 3.63) is 0 Å². The first kappa shape index (κ1) is 11.7. The highest BCUT2D eigenvalue weighted by Crippen LogP contribution is 2.29. The molecule has 0 aromatic rings. The van der Waals surface area contributed by atoms with E-state index < -0.39 is 17.4 Å². The molecule has 0 radical (unpaired) electrons. The zero-order valence-corrected chi connectivity index (χ0v) is 9.12. The van der Waals surface area contributed by atoms with Crippen LogP contribution in [0.1, 0.15) is 26.7 Å². The van der Waals surface area contributed by atoms with Crippen molar-refractivity contribution < 1.29 is 17.8 Å². The van der Waals surface area contributed by atoms with Crippen LogP contribution in [0.15, 0.2) is 0 Å². The van der Waals surface area contributed by atoms with Crippen molar-refractivity contribution in [2.75, 3.05) is 0 Å². The van der Waals surface area contributed by atoms with Gasteiger partial charge in [-0.15, -0.1) is 0 Å². The summed E-state index contributed by atoms with van der Waals surface area (Å²) in [6.45, 7) is 3.32. The fourth-order valence-corrected chi connectivity index (χ4v) is 1.42. The molecule has 0 amide bonds. The first-order valence-electron chi connectivity index (χ1n) is 3.61. The maximum Gasteiger partial charge on any atom is 0.332 e. The fraction of sp³-hybridized carbons (Fsp3) is 0.714. The minimum atomic E-state index is -1.36. The van der Waals surface area contributed by atoms with Gasteiger partial charge in [0.25, 0.3) is 0 Å². The minimum Gasteiger partial charge on any atom is -0.480 e. The quantitative estimate of drug-likeness (QED) is 0.632. The predicted molar refractivity (Wildman–Crippen MR) is 50.8 cm³/mol. The molecule has 0 fully saturated rings. The Hall–Kier alpha value is -0.330. The predicted octanol–water partition coefficient (Wildman–Crippen LogP) is 1.77. The van der Waals surface area contributed by atoms with Crippen molar-refractivity contribution >= 4 is 34.9 Å². The Morgan fingerprint density at radius 2 is 1.83 bits per heavy atom. The van der Waals surface area contributed by atoms with E-state index in [1.807, 2.05) is 0 Å². The number of rotatable bonds is 4. The number of hydrogen-bond donors (Lipinski definition) is 1. The molecule has 0 atom stereocenters. The van der Waals surface area contributed by atoms with E-state index in [1.165, 1.54) is 23.0 Å². The zero-order chi connectivity index (χ0) is 9.78. The van der Waals surface area contributed by atoms with Crippen LogP contribution in [0, 0.1) is 5.41 Å². The Labute approximate surface area is 85.0 Å². The Balaban J connectivity index is 4.82. The van der Waals surface area contributed by atoms with Crippen molar-refractivity contribution in [2.24, 2.45) is 5.41 Å². The lowest BCUT2D eigenvalue weighted by atomic mass is 9.83. The second kappa shape index (κ2) is 4.64. The maximum atomic E-state index is 11.1. The largest absolute Gasteiger partial charge is 0.480 e. The van der Waals surface area contributed by atoms with Crippen molar-refractivity contribution in [1.82, 2.24) is 0 Å². The number of carbonyl (C=O) groups is 2. The van der Waals surface area contributed by atoms with Gasteiger partial charge in [0.1, 0.15) is 0 Å². The van der Waals surface area contributed by atoms with E-state index in [4.69, 9.17) is 5.11 Å². The van der Waals surface area contributed by atoms with Gasteiger partial charge in [0.05, 0.1) is 0 Å². The summed E-state index contributed by atoms with van der Waals surface area (Å²) in [4.78, 5) is 21.9. The lowest BCUT2D eigenvalue weighted by Crippen LogP contribution is -2.38. The van der Waals surface area contributed by atoms with E-state index in [0.717, 1.165) is 0 Å². The topological polar surface area (TPSA) is 63.6 Å². The molecule has 0 aliphatic carbocycles. The number of aliphatic carboxylic acids is 1. The van der Waals surface area contributed by atoms with Crippen LogP contribution in [-0.2, 0) is 12.7 Å². The fourth-order valence-electron chi connectivity index (χ4n) is 1.00. The SMILES string of the molecule is CCC(CC)(C(=O)O)C(=O)OI. The summed E-state index contributed by atoms with van der Waals surface area (Å²) in [6, 6.07) is 0. The van der Waals surface area contributed by atoms with Crippen LogP contribution >= 0.6 is 23.0 Å². The molecular weight excluding hydrogens is 275 g/mol. The van der Waals surface area contributed by atoms with E-state index >= 15 is 0 Å². The van der Waals surface area contributed by atoms with Crippen LogP contribution in [0.25, 0.3) is 0 Å². The first-order chi connectivity index (χ1) is 5.55. The van der Waals surface area contributed by atoms with Gasteiger partial charge in [-0.2, -0.15) is 0 Å². The highest BCUT2D eigenvalue weighted by molar-refractivity contribution is 14.1. The Kier molecular flexibility index (Phi) is 4.51. The molecule has 0 unspecified atom stereocenters. The Morgan fingerprint density at radius 3 is 1.92 bits per heavy atom. The van der Waals surface area contributed by atoms with Crippen LogP contribution in [0.2, 0.25) is 0 Å². The van der Waals surface area contributed by atoms with Crippen LogP contribution in [-0.4, -0.2) is 17.0 Å². The molecule has 0 aromatic carbocycles. The summed E-state index contributed by atoms with van der Waals surface area (Å²) in [5, 5.41) is 8.82. The normalized spacial score (nSPS) is 10.9. The third-order valence-electron chi connectivity index (χ3n) is 2.08. The Bertz CT molecular complexity index is 186. The van der Waals surface area contributed by atoms with E-state index in [9.17, 15) is 9.59 Å². The molecule has 70 valence electrons. The average molecular weight is 286 g/mol. The van der Waals surface area contributed by atoms with Crippen LogP contribution in [0.5, 0.6) is 0 Å². The number of carboxylic acid groups (broad SMARTS) is 1. The molecule has 0 aromatic heterocycles. The first-order valence-corrected chi connectivity index (χ1v) is 4.49. The molecule has 0 aliphatic rings. The molecule has 0 rings (SSSR count). The lowest BCUT2D eigenvalue weighted by molar-refractivity contribution is -0.161. The van der Waals surface area contributed by atoms with Crippen molar-refractivity contribution in [3.63, 3.8) is 0 Å². The van der Waals surface area contributed by atoms with Gasteiger partial charge < -0.3 is 8.17 Å². The monoisotopic (exact) mass is 286 g/mol. The zero-order valence-electron chi connectivity index (χ0n) is 6.96. The van der Waals surface area contributed by atoms with Crippen molar-refractivity contribution in [2.45, 2.75) is 26.7 Å². The lowest BCUT2D eigenvalue weighted by Gasteiger charge is -2.21. The highest BCUT2D eigenvalue weighted by Gasteiger charge is 2.44. The third-order valence-corrected chi connectivity index (χ3v) is 2.48. The molecule has 0 spiro atoms. The summed E-state index contributed by atoms with van der Waals surface area (Å²) in [7, 11) is 0. The number of carbonyl (C=O) groups excluding carboxylic acids is 1. The molecule has 4 nitrogen and oxygen atoms in total. The summed E-state index contributed by atoms with van der Waals surface area (Å²) in [5.74, 6) is -1.80. The van der Waals surface area contributed by atoms with Crippen LogP contribution in [0.3, 0.4) is 0 Å². The standard InChI is InChI=1S/C7H11IO4/c1-3-7(4-2,5(9)10)6(11)12-8/h3-4H2,1-2H3,(H,9,10). The third kappa shape index (κ3) is 1.88. The molecular formula is C7H11IO4. The van der Waals surface area contributed by atoms with Crippen LogP contribution in [0.4, 0.5) is 0 Å². The average Bonchev–Trinajstić information content (AvgIpc) is 2.06. The summed E-state index contributed by atoms with van der Waals surface area (Å²) in [5.41, 5.74) is -1.36. The maximum absolute atomic E-state index is 11.1. The summed E-state index contributed by atoms with van der Waals surface area (Å²) < 4.78 is 4.41. The molecule has 0 heterocycles. The molecule has 12 heavy (non-hydrogen) atoms. The molecule has 1 N–H and O–H groups in total. The number of carboxylic acids is 1. The van der Waals surface area contributed by atoms with Gasteiger partial charge in [0.2, 0.25) is 0 Å². The van der Waals surface area contributed by atoms with Gasteiger partial charge in [-0.3, -0.25) is 9.59 Å². The van der Waals surface area contributed by atoms with Crippen LogP contribution < -0.4 is 0 Å². The van der Waals surface area contributed by atoms with Gasteiger partial charge >= 0.3 is 11.9 Å². The van der Waals surface area contributed by atoms with Crippen molar-refractivity contribution in [3.8, 4) is 0 Å². The van der Waals surface area contributed by atoms with E-state index in [2.05, 4.69) is 3.07 Å². The molecule has 0 saturated carbocycles. The number of hydrogen-bond acceptors (Lipinski definition) is 3. The molecule has 0 aliphatic heterocycles. The minimum absolute atomic E-state index is 0.251. The van der Waals surface area contributed by atoms with Gasteiger partial charge in [-0.05, 0) is 12.8 Å². The molecule has 0 bridgehead atoms. The molecule has 0 saturated heterocycles. The van der Waals surface area contributed by atoms with Gasteiger partial charge in [-0.1, -0.05) is 13.8 Å². The Morgan fingerprint density at radius 1 is 1.42 bits per heavy atom. The van der Waals surface area contributed by atoms with E-state index in [-0.39, 0.29) is 12.8 Å². The second-order valence-corrected chi connectivity index (χ2v) is 2.90. The van der Waals surface area contributed by atoms with Crippen molar-refractivity contribution in [1.29, 1.82) is 0 Å². The summed E-state index contributed by atoms with van der Waals surface area (Å²) in [6.07, 6.45) is 0.501. The highest BCUT2D eigenvalue weighted by atomic mass is 127. The van der Waals surface area contributed by atoms with E-state index in [1.54, 1.807) is 13.8 Å². The van der Waals surface area contributed by atoms with Gasteiger partial charge in [0.15, 0.2) is 28.4 Å². The van der Waals surface area contributed by atoms with Gasteiger partial charge in [-0.25, -0.2) is 0 Å². The molecule has 5 heteroatoms. The van der Waals surface area contributed by atoms with Gasteiger partial charge in [0, 0.05) is 0 Å². The smallest absolute Gasteiger partial charge is 0.332 e. The van der Waals surface area contributed by atoms with E-state index in [0.29, 0.717) is 0 Å². The summed E-state index contributed by atoms with van der Waals surface area (Å²) >= 11 is 1.41. The second-order valence-electron chi connectivity index (χ2n) is 2.46.